The number of amides is 1. The van der Waals surface area contributed by atoms with E-state index < -0.39 is 0 Å². The Balaban J connectivity index is 1.92. The van der Waals surface area contributed by atoms with Crippen LogP contribution in [0.1, 0.15) is 12.0 Å². The molecule has 1 saturated heterocycles. The van der Waals surface area contributed by atoms with Crippen molar-refractivity contribution in [1.82, 2.24) is 5.32 Å². The van der Waals surface area contributed by atoms with Gasteiger partial charge in [0.15, 0.2) is 0 Å². The highest BCUT2D eigenvalue weighted by molar-refractivity contribution is 9.10. The molecule has 0 saturated carbocycles. The molecule has 4 nitrogen and oxygen atoms in total. The van der Waals surface area contributed by atoms with E-state index in [1.54, 1.807) is 0 Å². The van der Waals surface area contributed by atoms with E-state index in [1.165, 1.54) is 0 Å². The number of morpholine rings is 1. The van der Waals surface area contributed by atoms with Gasteiger partial charge in [0.1, 0.15) is 0 Å². The van der Waals surface area contributed by atoms with Gasteiger partial charge in [0.2, 0.25) is 5.91 Å². The Morgan fingerprint density at radius 2 is 2.44 bits per heavy atom. The fourth-order valence-corrected chi connectivity index (χ4v) is 2.28. The van der Waals surface area contributed by atoms with Crippen molar-refractivity contribution in [3.8, 4) is 0 Å². The third-order valence-electron chi connectivity index (χ3n) is 2.90. The van der Waals surface area contributed by atoms with E-state index in [-0.39, 0.29) is 11.9 Å². The Hall–Kier alpha value is -0.910. The van der Waals surface area contributed by atoms with E-state index in [9.17, 15) is 4.79 Å². The highest BCUT2D eigenvalue weighted by atomic mass is 79.9. The molecule has 1 fully saturated rings. The molecule has 5 heteroatoms. The molecule has 0 aliphatic carbocycles. The zero-order valence-corrected chi connectivity index (χ0v) is 11.9. The molecule has 1 heterocycles. The second-order valence-corrected chi connectivity index (χ2v) is 5.21. The summed E-state index contributed by atoms with van der Waals surface area (Å²) in [6.45, 7) is 4.13. The fraction of sp³-hybridized carbons (Fsp3) is 0.462. The van der Waals surface area contributed by atoms with Gasteiger partial charge in [-0.05, 0) is 34.5 Å². The molecule has 1 atom stereocenters. The van der Waals surface area contributed by atoms with Crippen molar-refractivity contribution in [2.75, 3.05) is 25.1 Å². The Morgan fingerprint density at radius 3 is 3.17 bits per heavy atom. The molecule has 1 aromatic carbocycles. The molecule has 2 rings (SSSR count). The third kappa shape index (κ3) is 3.54. The number of anilines is 1. The maximum atomic E-state index is 11.9. The number of hydrogen-bond acceptors (Lipinski definition) is 3. The lowest BCUT2D eigenvalue weighted by atomic mass is 10.1. The molecule has 0 radical (unpaired) electrons. The first-order chi connectivity index (χ1) is 8.66. The van der Waals surface area contributed by atoms with Crippen molar-refractivity contribution in [2.24, 2.45) is 0 Å². The molecular formula is C13H17BrN2O2. The summed E-state index contributed by atoms with van der Waals surface area (Å²) in [5.74, 6) is 0.00398. The average Bonchev–Trinajstić information content (AvgIpc) is 2.36. The second kappa shape index (κ2) is 6.31. The third-order valence-corrected chi connectivity index (χ3v) is 3.95. The van der Waals surface area contributed by atoms with E-state index in [0.717, 1.165) is 28.9 Å². The topological polar surface area (TPSA) is 50.4 Å². The summed E-state index contributed by atoms with van der Waals surface area (Å²) < 4.78 is 6.26. The molecule has 0 bridgehead atoms. The number of rotatable bonds is 3. The summed E-state index contributed by atoms with van der Waals surface area (Å²) in [7, 11) is 0. The van der Waals surface area contributed by atoms with Crippen LogP contribution in [-0.2, 0) is 9.53 Å². The van der Waals surface area contributed by atoms with Crippen molar-refractivity contribution >= 4 is 27.5 Å². The predicted octanol–water partition coefficient (Wildman–Crippen LogP) is 2.07. The minimum absolute atomic E-state index is 0.00398. The van der Waals surface area contributed by atoms with Crippen LogP contribution in [0.3, 0.4) is 0 Å². The Labute approximate surface area is 115 Å². The zero-order valence-electron chi connectivity index (χ0n) is 10.3. The monoisotopic (exact) mass is 312 g/mol. The first-order valence-electron chi connectivity index (χ1n) is 6.03. The lowest BCUT2D eigenvalue weighted by Gasteiger charge is -2.23. The smallest absolute Gasteiger partial charge is 0.226 e. The Kier molecular flexibility index (Phi) is 4.74. The van der Waals surface area contributed by atoms with E-state index in [1.807, 2.05) is 25.1 Å². The van der Waals surface area contributed by atoms with Crippen LogP contribution < -0.4 is 10.6 Å². The average molecular weight is 313 g/mol. The van der Waals surface area contributed by atoms with Gasteiger partial charge in [-0.3, -0.25) is 4.79 Å². The molecule has 0 spiro atoms. The fourth-order valence-electron chi connectivity index (χ4n) is 1.92. The lowest BCUT2D eigenvalue weighted by molar-refractivity contribution is -0.117. The summed E-state index contributed by atoms with van der Waals surface area (Å²) in [5, 5.41) is 6.18. The highest BCUT2D eigenvalue weighted by Gasteiger charge is 2.17. The Bertz CT molecular complexity index is 431. The van der Waals surface area contributed by atoms with E-state index in [4.69, 9.17) is 4.74 Å². The van der Waals surface area contributed by atoms with Crippen molar-refractivity contribution < 1.29 is 9.53 Å². The van der Waals surface area contributed by atoms with Crippen LogP contribution in [0.2, 0.25) is 0 Å². The number of halogens is 1. The quantitative estimate of drug-likeness (QED) is 0.898. The molecule has 1 aliphatic heterocycles. The summed E-state index contributed by atoms with van der Waals surface area (Å²) in [4.78, 5) is 11.9. The van der Waals surface area contributed by atoms with Gasteiger partial charge < -0.3 is 15.4 Å². The first-order valence-corrected chi connectivity index (χ1v) is 6.82. The van der Waals surface area contributed by atoms with Crippen LogP contribution in [0.15, 0.2) is 22.7 Å². The van der Waals surface area contributed by atoms with Gasteiger partial charge in [0, 0.05) is 23.5 Å². The van der Waals surface area contributed by atoms with E-state index in [0.29, 0.717) is 13.0 Å². The van der Waals surface area contributed by atoms with Crippen LogP contribution in [0, 0.1) is 6.92 Å². The van der Waals surface area contributed by atoms with Gasteiger partial charge in [0.05, 0.1) is 18.9 Å². The second-order valence-electron chi connectivity index (χ2n) is 4.41. The molecule has 2 N–H and O–H groups in total. The minimum Gasteiger partial charge on any atom is -0.378 e. The van der Waals surface area contributed by atoms with E-state index in [2.05, 4.69) is 26.6 Å². The maximum Gasteiger partial charge on any atom is 0.226 e. The van der Waals surface area contributed by atoms with Crippen LogP contribution in [0.25, 0.3) is 0 Å². The molecule has 1 unspecified atom stereocenters. The number of ether oxygens (including phenoxy) is 1. The minimum atomic E-state index is 0.00398. The van der Waals surface area contributed by atoms with Crippen LogP contribution in [0.5, 0.6) is 0 Å². The number of carbonyl (C=O) groups is 1. The SMILES string of the molecule is Cc1cccc(NC(=O)CC2COCCN2)c1Br. The van der Waals surface area contributed by atoms with Crippen molar-refractivity contribution in [3.05, 3.63) is 28.2 Å². The maximum absolute atomic E-state index is 11.9. The molecule has 18 heavy (non-hydrogen) atoms. The number of nitrogens with one attached hydrogen (secondary N) is 2. The summed E-state index contributed by atoms with van der Waals surface area (Å²) in [6.07, 6.45) is 0.431. The highest BCUT2D eigenvalue weighted by Crippen LogP contribution is 2.25. The predicted molar refractivity (Wildman–Crippen MR) is 74.7 cm³/mol. The number of benzene rings is 1. The first kappa shape index (κ1) is 13.5. The number of carbonyl (C=O) groups excluding carboxylic acids is 1. The van der Waals surface area contributed by atoms with Gasteiger partial charge in [-0.1, -0.05) is 12.1 Å². The molecule has 1 amide bonds. The van der Waals surface area contributed by atoms with Gasteiger partial charge >= 0.3 is 0 Å². The van der Waals surface area contributed by atoms with Gasteiger partial charge in [-0.25, -0.2) is 0 Å². The number of aryl methyl sites for hydroxylation is 1. The van der Waals surface area contributed by atoms with Crippen LogP contribution >= 0.6 is 15.9 Å². The van der Waals surface area contributed by atoms with Crippen molar-refractivity contribution in [1.29, 1.82) is 0 Å². The lowest BCUT2D eigenvalue weighted by Crippen LogP contribution is -2.43. The summed E-state index contributed by atoms with van der Waals surface area (Å²) in [5.41, 5.74) is 1.92. The van der Waals surface area contributed by atoms with Gasteiger partial charge in [0.25, 0.3) is 0 Å². The molecule has 1 aliphatic rings. The van der Waals surface area contributed by atoms with Gasteiger partial charge in [-0.2, -0.15) is 0 Å². The summed E-state index contributed by atoms with van der Waals surface area (Å²) >= 11 is 3.48. The number of hydrogen-bond donors (Lipinski definition) is 2. The van der Waals surface area contributed by atoms with Crippen LogP contribution in [-0.4, -0.2) is 31.7 Å². The molecule has 98 valence electrons. The molecule has 1 aromatic rings. The van der Waals surface area contributed by atoms with Crippen molar-refractivity contribution in [3.63, 3.8) is 0 Å². The van der Waals surface area contributed by atoms with Crippen molar-refractivity contribution in [2.45, 2.75) is 19.4 Å². The van der Waals surface area contributed by atoms with E-state index >= 15 is 0 Å². The van der Waals surface area contributed by atoms with Crippen LogP contribution in [0.4, 0.5) is 5.69 Å². The molecular weight excluding hydrogens is 296 g/mol. The zero-order chi connectivity index (χ0) is 13.0. The largest absolute Gasteiger partial charge is 0.378 e. The standard InChI is InChI=1S/C13H17BrN2O2/c1-9-3-2-4-11(13(9)14)16-12(17)7-10-8-18-6-5-15-10/h2-4,10,15H,5-8H2,1H3,(H,16,17). The normalized spacial score (nSPS) is 19.6. The molecule has 0 aromatic heterocycles. The summed E-state index contributed by atoms with van der Waals surface area (Å²) in [6, 6.07) is 5.93. The Morgan fingerprint density at radius 1 is 1.61 bits per heavy atom. The van der Waals surface area contributed by atoms with Gasteiger partial charge in [-0.15, -0.1) is 0 Å².